The van der Waals surface area contributed by atoms with Gasteiger partial charge in [-0.15, -0.1) is 10.2 Å². The Kier molecular flexibility index (Phi) is 5.72. The highest BCUT2D eigenvalue weighted by Crippen LogP contribution is 2.23. The van der Waals surface area contributed by atoms with E-state index in [-0.39, 0.29) is 5.91 Å². The molecular weight excluding hydrogens is 418 g/mol. The third-order valence-corrected chi connectivity index (χ3v) is 5.71. The summed E-state index contributed by atoms with van der Waals surface area (Å²) in [5, 5.41) is 12.8. The average Bonchev–Trinajstić information content (AvgIpc) is 3.40. The quantitative estimate of drug-likeness (QED) is 0.466. The second-order valence-electron chi connectivity index (χ2n) is 7.73. The van der Waals surface area contributed by atoms with Gasteiger partial charge in [-0.1, -0.05) is 35.5 Å². The minimum atomic E-state index is -0.124. The maximum Gasteiger partial charge on any atom is 0.276 e. The van der Waals surface area contributed by atoms with E-state index in [1.165, 1.54) is 0 Å². The van der Waals surface area contributed by atoms with Crippen molar-refractivity contribution in [2.75, 3.05) is 38.2 Å². The summed E-state index contributed by atoms with van der Waals surface area (Å²) >= 11 is 0. The Bertz CT molecular complexity index is 1220. The molecule has 5 rings (SSSR count). The molecule has 1 aliphatic heterocycles. The molecule has 0 bridgehead atoms. The molecule has 1 amide bonds. The van der Waals surface area contributed by atoms with E-state index in [4.69, 9.17) is 9.26 Å². The van der Waals surface area contributed by atoms with Crippen molar-refractivity contribution in [3.63, 3.8) is 0 Å². The Morgan fingerprint density at radius 3 is 2.30 bits per heavy atom. The highest BCUT2D eigenvalue weighted by atomic mass is 16.5. The molecule has 0 N–H and O–H groups in total. The predicted octanol–water partition coefficient (Wildman–Crippen LogP) is 3.77. The lowest BCUT2D eigenvalue weighted by Crippen LogP contribution is -2.49. The number of nitrogens with zero attached hydrogens (tertiary/aromatic N) is 5. The number of aromatic nitrogens is 3. The van der Waals surface area contributed by atoms with Crippen LogP contribution in [-0.4, -0.2) is 59.4 Å². The molecule has 4 aromatic rings. The monoisotopic (exact) mass is 441 g/mol. The number of anilines is 1. The van der Waals surface area contributed by atoms with E-state index in [9.17, 15) is 4.79 Å². The number of rotatable bonds is 5. The fourth-order valence-corrected chi connectivity index (χ4v) is 3.82. The van der Waals surface area contributed by atoms with Crippen molar-refractivity contribution in [3.8, 4) is 28.3 Å². The molecule has 2 aromatic heterocycles. The standard InChI is InChI=1S/C25H23N5O3/c1-32-20-9-7-18(8-10-20)21-11-12-24(27-26-21)29-13-15-30(16-14-29)25(31)22-17-23(33-28-22)19-5-3-2-4-6-19/h2-12,17H,13-16H2,1H3. The van der Waals surface area contributed by atoms with Crippen LogP contribution < -0.4 is 9.64 Å². The highest BCUT2D eigenvalue weighted by molar-refractivity contribution is 5.93. The molecule has 166 valence electrons. The van der Waals surface area contributed by atoms with Gasteiger partial charge in [0, 0.05) is 43.4 Å². The fraction of sp³-hybridized carbons (Fsp3) is 0.200. The first-order valence-electron chi connectivity index (χ1n) is 10.8. The Hall–Kier alpha value is -4.20. The zero-order chi connectivity index (χ0) is 22.6. The predicted molar refractivity (Wildman–Crippen MR) is 124 cm³/mol. The highest BCUT2D eigenvalue weighted by Gasteiger charge is 2.25. The van der Waals surface area contributed by atoms with Crippen LogP contribution in [0.2, 0.25) is 0 Å². The van der Waals surface area contributed by atoms with Gasteiger partial charge < -0.3 is 19.1 Å². The summed E-state index contributed by atoms with van der Waals surface area (Å²) in [7, 11) is 1.64. The van der Waals surface area contributed by atoms with Gasteiger partial charge in [-0.3, -0.25) is 4.79 Å². The van der Waals surface area contributed by atoms with E-state index in [1.807, 2.05) is 66.7 Å². The second-order valence-corrected chi connectivity index (χ2v) is 7.73. The van der Waals surface area contributed by atoms with Crippen LogP contribution in [0, 0.1) is 0 Å². The molecule has 1 saturated heterocycles. The molecule has 0 unspecified atom stereocenters. The average molecular weight is 441 g/mol. The SMILES string of the molecule is COc1ccc(-c2ccc(N3CCN(C(=O)c4cc(-c5ccccc5)on4)CC3)nn2)cc1. The lowest BCUT2D eigenvalue weighted by molar-refractivity contribution is 0.0736. The number of carbonyl (C=O) groups is 1. The Labute approximate surface area is 191 Å². The number of methoxy groups -OCH3 is 1. The summed E-state index contributed by atoms with van der Waals surface area (Å²) < 4.78 is 10.6. The van der Waals surface area contributed by atoms with Crippen LogP contribution in [0.1, 0.15) is 10.5 Å². The zero-order valence-electron chi connectivity index (χ0n) is 18.2. The van der Waals surface area contributed by atoms with Crippen molar-refractivity contribution < 1.29 is 14.1 Å². The van der Waals surface area contributed by atoms with Crippen LogP contribution in [0.15, 0.2) is 77.3 Å². The van der Waals surface area contributed by atoms with E-state index in [0.29, 0.717) is 37.6 Å². The van der Waals surface area contributed by atoms with E-state index in [2.05, 4.69) is 20.3 Å². The largest absolute Gasteiger partial charge is 0.497 e. The lowest BCUT2D eigenvalue weighted by atomic mass is 10.1. The summed E-state index contributed by atoms with van der Waals surface area (Å²) in [6.45, 7) is 2.50. The molecule has 0 radical (unpaired) electrons. The number of hydrogen-bond acceptors (Lipinski definition) is 7. The molecule has 0 aliphatic carbocycles. The number of benzene rings is 2. The third kappa shape index (κ3) is 4.41. The first kappa shape index (κ1) is 20.7. The molecular formula is C25H23N5O3. The molecule has 0 spiro atoms. The van der Waals surface area contributed by atoms with Crippen LogP contribution in [-0.2, 0) is 0 Å². The fourth-order valence-electron chi connectivity index (χ4n) is 3.82. The van der Waals surface area contributed by atoms with Crippen molar-refractivity contribution in [2.24, 2.45) is 0 Å². The number of ether oxygens (including phenoxy) is 1. The van der Waals surface area contributed by atoms with Gasteiger partial charge in [0.05, 0.1) is 12.8 Å². The summed E-state index contributed by atoms with van der Waals surface area (Å²) in [5.41, 5.74) is 3.00. The molecule has 0 saturated carbocycles. The zero-order valence-corrected chi connectivity index (χ0v) is 18.2. The first-order valence-corrected chi connectivity index (χ1v) is 10.8. The molecule has 1 fully saturated rings. The Morgan fingerprint density at radius 1 is 0.879 bits per heavy atom. The van der Waals surface area contributed by atoms with E-state index in [0.717, 1.165) is 28.4 Å². The van der Waals surface area contributed by atoms with Gasteiger partial charge in [-0.2, -0.15) is 0 Å². The van der Waals surface area contributed by atoms with Crippen molar-refractivity contribution in [1.82, 2.24) is 20.3 Å². The molecule has 8 heteroatoms. The molecule has 8 nitrogen and oxygen atoms in total. The normalized spacial score (nSPS) is 13.7. The smallest absolute Gasteiger partial charge is 0.276 e. The Balaban J connectivity index is 1.20. The minimum Gasteiger partial charge on any atom is -0.497 e. The van der Waals surface area contributed by atoms with Crippen molar-refractivity contribution >= 4 is 11.7 Å². The number of hydrogen-bond donors (Lipinski definition) is 0. The van der Waals surface area contributed by atoms with Gasteiger partial charge in [0.2, 0.25) is 0 Å². The van der Waals surface area contributed by atoms with Gasteiger partial charge in [-0.25, -0.2) is 0 Å². The lowest BCUT2D eigenvalue weighted by Gasteiger charge is -2.34. The molecule has 0 atom stereocenters. The number of amides is 1. The van der Waals surface area contributed by atoms with Gasteiger partial charge in [0.15, 0.2) is 17.3 Å². The van der Waals surface area contributed by atoms with Gasteiger partial charge >= 0.3 is 0 Å². The van der Waals surface area contributed by atoms with Crippen molar-refractivity contribution in [2.45, 2.75) is 0 Å². The topological polar surface area (TPSA) is 84.6 Å². The van der Waals surface area contributed by atoms with Crippen LogP contribution in [0.3, 0.4) is 0 Å². The number of carbonyl (C=O) groups excluding carboxylic acids is 1. The van der Waals surface area contributed by atoms with Gasteiger partial charge in [0.1, 0.15) is 5.75 Å². The van der Waals surface area contributed by atoms with Gasteiger partial charge in [-0.05, 0) is 36.4 Å². The summed E-state index contributed by atoms with van der Waals surface area (Å²) in [6, 6.07) is 23.0. The second kappa shape index (κ2) is 9.12. The van der Waals surface area contributed by atoms with E-state index in [1.54, 1.807) is 18.1 Å². The third-order valence-electron chi connectivity index (χ3n) is 5.71. The van der Waals surface area contributed by atoms with Crippen LogP contribution in [0.25, 0.3) is 22.6 Å². The van der Waals surface area contributed by atoms with E-state index >= 15 is 0 Å². The molecule has 1 aliphatic rings. The first-order chi connectivity index (χ1) is 16.2. The van der Waals surface area contributed by atoms with Crippen LogP contribution in [0.5, 0.6) is 5.75 Å². The molecule has 2 aromatic carbocycles. The molecule has 33 heavy (non-hydrogen) atoms. The Morgan fingerprint density at radius 2 is 1.64 bits per heavy atom. The summed E-state index contributed by atoms with van der Waals surface area (Å²) in [5.74, 6) is 2.07. The maximum absolute atomic E-state index is 12.9. The van der Waals surface area contributed by atoms with Crippen LogP contribution in [0.4, 0.5) is 5.82 Å². The number of piperazine rings is 1. The van der Waals surface area contributed by atoms with Crippen molar-refractivity contribution in [1.29, 1.82) is 0 Å². The van der Waals surface area contributed by atoms with Crippen molar-refractivity contribution in [3.05, 3.63) is 78.5 Å². The van der Waals surface area contributed by atoms with Gasteiger partial charge in [0.25, 0.3) is 5.91 Å². The van der Waals surface area contributed by atoms with E-state index < -0.39 is 0 Å². The van der Waals surface area contributed by atoms with Crippen LogP contribution >= 0.6 is 0 Å². The summed E-state index contributed by atoms with van der Waals surface area (Å²) in [4.78, 5) is 16.8. The minimum absolute atomic E-state index is 0.124. The summed E-state index contributed by atoms with van der Waals surface area (Å²) in [6.07, 6.45) is 0. The molecule has 3 heterocycles. The maximum atomic E-state index is 12.9.